The van der Waals surface area contributed by atoms with E-state index in [0.717, 1.165) is 56.0 Å². The van der Waals surface area contributed by atoms with Gasteiger partial charge in [0.25, 0.3) is 0 Å². The average Bonchev–Trinajstić information content (AvgIpc) is 3.18. The number of hydrogen-bond acceptors (Lipinski definition) is 7. The van der Waals surface area contributed by atoms with Gasteiger partial charge in [-0.15, -0.1) is 5.10 Å². The van der Waals surface area contributed by atoms with E-state index in [2.05, 4.69) is 22.1 Å². The quantitative estimate of drug-likeness (QED) is 0.516. The van der Waals surface area contributed by atoms with Crippen LogP contribution in [0.1, 0.15) is 44.5 Å². The van der Waals surface area contributed by atoms with Crippen LogP contribution in [-0.4, -0.2) is 50.6 Å². The Hall–Kier alpha value is -2.74. The van der Waals surface area contributed by atoms with E-state index in [1.807, 2.05) is 31.2 Å². The number of piperidine rings is 1. The molecule has 9 heteroatoms. The lowest BCUT2D eigenvalue weighted by molar-refractivity contribution is -0.148. The second-order valence-corrected chi connectivity index (χ2v) is 8.14. The monoisotopic (exact) mass is 442 g/mol. The third-order valence-electron chi connectivity index (χ3n) is 5.56. The minimum Gasteiger partial charge on any atom is -0.466 e. The van der Waals surface area contributed by atoms with E-state index in [1.54, 1.807) is 4.68 Å². The van der Waals surface area contributed by atoms with Gasteiger partial charge in [0.15, 0.2) is 17.0 Å². The summed E-state index contributed by atoms with van der Waals surface area (Å²) in [5.41, 5.74) is 2.35. The molecule has 3 heterocycles. The topological polar surface area (TPSA) is 86.0 Å². The summed E-state index contributed by atoms with van der Waals surface area (Å²) in [5.74, 6) is 1.41. The number of esters is 1. The largest absolute Gasteiger partial charge is 0.466 e. The fourth-order valence-corrected chi connectivity index (χ4v) is 4.12. The predicted molar refractivity (Wildman–Crippen MR) is 119 cm³/mol. The van der Waals surface area contributed by atoms with E-state index in [1.165, 1.54) is 0 Å². The zero-order valence-electron chi connectivity index (χ0n) is 17.9. The standard InChI is InChI=1S/C22H27ClN6O2/c1-3-7-18-24-20(28-12-10-15(11-13-28)22(30)31-4-2)19-21(25-18)29(27-26-19)14-16-8-5-6-9-17(16)23/h5-6,8-9,15H,3-4,7,10-14H2,1-2H3. The van der Waals surface area contributed by atoms with Crippen molar-refractivity contribution in [3.05, 3.63) is 40.7 Å². The SMILES string of the molecule is CCCc1nc(N2CCC(C(=O)OCC)CC2)c2nnn(Cc3ccccc3Cl)c2n1. The van der Waals surface area contributed by atoms with Crippen molar-refractivity contribution in [3.63, 3.8) is 0 Å². The molecule has 0 spiro atoms. The molecular formula is C22H27ClN6O2. The number of carbonyl (C=O) groups excluding carboxylic acids is 1. The van der Waals surface area contributed by atoms with Gasteiger partial charge in [-0.05, 0) is 37.8 Å². The van der Waals surface area contributed by atoms with Crippen LogP contribution in [0.3, 0.4) is 0 Å². The summed E-state index contributed by atoms with van der Waals surface area (Å²) in [6, 6.07) is 7.71. The zero-order chi connectivity index (χ0) is 21.8. The third kappa shape index (κ3) is 4.63. The lowest BCUT2D eigenvalue weighted by Crippen LogP contribution is -2.37. The van der Waals surface area contributed by atoms with Crippen LogP contribution < -0.4 is 4.90 Å². The van der Waals surface area contributed by atoms with Gasteiger partial charge in [0.2, 0.25) is 0 Å². The van der Waals surface area contributed by atoms with E-state index >= 15 is 0 Å². The number of halogens is 1. The summed E-state index contributed by atoms with van der Waals surface area (Å²) in [6.45, 7) is 6.30. The number of hydrogen-bond donors (Lipinski definition) is 0. The highest BCUT2D eigenvalue weighted by molar-refractivity contribution is 6.31. The van der Waals surface area contributed by atoms with Crippen LogP contribution in [0.2, 0.25) is 5.02 Å². The van der Waals surface area contributed by atoms with Crippen LogP contribution in [-0.2, 0) is 22.5 Å². The van der Waals surface area contributed by atoms with Crippen LogP contribution in [0.25, 0.3) is 11.2 Å². The van der Waals surface area contributed by atoms with Crippen LogP contribution in [0.4, 0.5) is 5.82 Å². The minimum absolute atomic E-state index is 0.0560. The predicted octanol–water partition coefficient (Wildman–Crippen LogP) is 3.66. The summed E-state index contributed by atoms with van der Waals surface area (Å²) < 4.78 is 6.98. The van der Waals surface area contributed by atoms with Crippen molar-refractivity contribution in [2.45, 2.75) is 46.1 Å². The summed E-state index contributed by atoms with van der Waals surface area (Å²) in [7, 11) is 0. The first-order valence-electron chi connectivity index (χ1n) is 10.9. The highest BCUT2D eigenvalue weighted by Gasteiger charge is 2.29. The van der Waals surface area contributed by atoms with Gasteiger partial charge in [0.1, 0.15) is 5.82 Å². The Morgan fingerprint density at radius 2 is 1.97 bits per heavy atom. The van der Waals surface area contributed by atoms with E-state index in [4.69, 9.17) is 26.3 Å². The molecule has 0 bridgehead atoms. The summed E-state index contributed by atoms with van der Waals surface area (Å²) in [5, 5.41) is 9.47. The Morgan fingerprint density at radius 3 is 2.68 bits per heavy atom. The van der Waals surface area contributed by atoms with Crippen molar-refractivity contribution >= 4 is 34.6 Å². The van der Waals surface area contributed by atoms with Crippen molar-refractivity contribution < 1.29 is 9.53 Å². The Labute approximate surface area is 186 Å². The number of ether oxygens (including phenoxy) is 1. The molecule has 2 aromatic heterocycles. The molecule has 0 aliphatic carbocycles. The van der Waals surface area contributed by atoms with Crippen molar-refractivity contribution in [3.8, 4) is 0 Å². The lowest BCUT2D eigenvalue weighted by Gasteiger charge is -2.31. The Bertz CT molecular complexity index is 1060. The Balaban J connectivity index is 1.64. The van der Waals surface area contributed by atoms with Crippen LogP contribution >= 0.6 is 11.6 Å². The molecule has 1 aliphatic heterocycles. The second-order valence-electron chi connectivity index (χ2n) is 7.74. The minimum atomic E-state index is -0.104. The van der Waals surface area contributed by atoms with Gasteiger partial charge in [-0.3, -0.25) is 4.79 Å². The van der Waals surface area contributed by atoms with Crippen molar-refractivity contribution in [2.24, 2.45) is 5.92 Å². The zero-order valence-corrected chi connectivity index (χ0v) is 18.7. The fourth-order valence-electron chi connectivity index (χ4n) is 3.92. The summed E-state index contributed by atoms with van der Waals surface area (Å²) in [6.07, 6.45) is 3.20. The molecule has 31 heavy (non-hydrogen) atoms. The maximum atomic E-state index is 12.1. The molecule has 4 rings (SSSR count). The third-order valence-corrected chi connectivity index (χ3v) is 5.93. The van der Waals surface area contributed by atoms with Gasteiger partial charge in [0.05, 0.1) is 19.1 Å². The highest BCUT2D eigenvalue weighted by atomic mass is 35.5. The first kappa shape index (κ1) is 21.5. The molecule has 3 aromatic rings. The highest BCUT2D eigenvalue weighted by Crippen LogP contribution is 2.28. The van der Waals surface area contributed by atoms with Gasteiger partial charge in [0, 0.05) is 24.5 Å². The Morgan fingerprint density at radius 1 is 1.19 bits per heavy atom. The molecule has 0 atom stereocenters. The van der Waals surface area contributed by atoms with Gasteiger partial charge in [-0.25, -0.2) is 14.6 Å². The van der Waals surface area contributed by atoms with Crippen LogP contribution in [0.15, 0.2) is 24.3 Å². The maximum absolute atomic E-state index is 12.1. The first-order chi connectivity index (χ1) is 15.1. The molecule has 1 aliphatic rings. The number of anilines is 1. The number of aromatic nitrogens is 5. The number of rotatable bonds is 7. The molecule has 0 N–H and O–H groups in total. The molecule has 8 nitrogen and oxygen atoms in total. The summed E-state index contributed by atoms with van der Waals surface area (Å²) >= 11 is 6.35. The number of carbonyl (C=O) groups is 1. The van der Waals surface area contributed by atoms with E-state index in [0.29, 0.717) is 29.3 Å². The van der Waals surface area contributed by atoms with Crippen molar-refractivity contribution in [1.29, 1.82) is 0 Å². The second kappa shape index (κ2) is 9.60. The summed E-state index contributed by atoms with van der Waals surface area (Å²) in [4.78, 5) is 23.9. The van der Waals surface area contributed by atoms with Gasteiger partial charge in [-0.1, -0.05) is 41.9 Å². The Kier molecular flexibility index (Phi) is 6.65. The molecule has 0 unspecified atom stereocenters. The average molecular weight is 443 g/mol. The van der Waals surface area contributed by atoms with Crippen molar-refractivity contribution in [1.82, 2.24) is 25.0 Å². The van der Waals surface area contributed by atoms with Crippen molar-refractivity contribution in [2.75, 3.05) is 24.6 Å². The number of nitrogens with zero attached hydrogens (tertiary/aromatic N) is 6. The first-order valence-corrected chi connectivity index (χ1v) is 11.2. The molecule has 0 amide bonds. The van der Waals surface area contributed by atoms with E-state index in [9.17, 15) is 4.79 Å². The molecule has 164 valence electrons. The fraction of sp³-hybridized carbons (Fsp3) is 0.500. The number of aryl methyl sites for hydroxylation is 1. The van der Waals surface area contributed by atoms with Crippen LogP contribution in [0.5, 0.6) is 0 Å². The van der Waals surface area contributed by atoms with E-state index < -0.39 is 0 Å². The maximum Gasteiger partial charge on any atom is 0.309 e. The number of benzene rings is 1. The van der Waals surface area contributed by atoms with Crippen LogP contribution in [0, 0.1) is 5.92 Å². The van der Waals surface area contributed by atoms with E-state index in [-0.39, 0.29) is 11.9 Å². The molecule has 0 saturated carbocycles. The molecule has 1 fully saturated rings. The number of fused-ring (bicyclic) bond motifs is 1. The molecule has 0 radical (unpaired) electrons. The molecule has 1 aromatic carbocycles. The normalized spacial score (nSPS) is 14.9. The smallest absolute Gasteiger partial charge is 0.309 e. The lowest BCUT2D eigenvalue weighted by atomic mass is 9.97. The van der Waals surface area contributed by atoms with Gasteiger partial charge >= 0.3 is 5.97 Å². The molecular weight excluding hydrogens is 416 g/mol. The van der Waals surface area contributed by atoms with Gasteiger partial charge < -0.3 is 9.64 Å². The van der Waals surface area contributed by atoms with Gasteiger partial charge in [-0.2, -0.15) is 0 Å². The molecule has 1 saturated heterocycles.